The van der Waals surface area contributed by atoms with Gasteiger partial charge in [0, 0.05) is 24.0 Å². The first-order valence-electron chi connectivity index (χ1n) is 14.1. The van der Waals surface area contributed by atoms with Crippen LogP contribution in [0.25, 0.3) is 11.3 Å². The van der Waals surface area contributed by atoms with Crippen molar-refractivity contribution in [2.24, 2.45) is 0 Å². The van der Waals surface area contributed by atoms with E-state index in [-0.39, 0.29) is 19.4 Å². The molecule has 5 N–H and O–H groups in total. The fourth-order valence-electron chi connectivity index (χ4n) is 4.65. The summed E-state index contributed by atoms with van der Waals surface area (Å²) in [6.45, 7) is 1.54. The number of benzene rings is 2. The highest BCUT2D eigenvalue weighted by atomic mass is 32.1. The number of ether oxygens (including phenoxy) is 1. The first-order valence-corrected chi connectivity index (χ1v) is 15.0. The molecule has 2 aromatic heterocycles. The van der Waals surface area contributed by atoms with Crippen LogP contribution in [0.2, 0.25) is 0 Å². The van der Waals surface area contributed by atoms with Crippen molar-refractivity contribution in [2.45, 2.75) is 57.0 Å². The Balaban J connectivity index is 1.41. The summed E-state index contributed by atoms with van der Waals surface area (Å²) in [5.74, 6) is -0.521. The maximum Gasteiger partial charge on any atom is 0.408 e. The van der Waals surface area contributed by atoms with E-state index in [2.05, 4.69) is 25.9 Å². The van der Waals surface area contributed by atoms with Crippen LogP contribution in [0, 0.1) is 0 Å². The van der Waals surface area contributed by atoms with E-state index in [1.807, 2.05) is 72.8 Å². The summed E-state index contributed by atoms with van der Waals surface area (Å²) in [5.41, 5.74) is 5.12. The van der Waals surface area contributed by atoms with Crippen LogP contribution in [-0.4, -0.2) is 62.5 Å². The van der Waals surface area contributed by atoms with Crippen molar-refractivity contribution in [1.82, 2.24) is 25.9 Å². The zero-order valence-corrected chi connectivity index (χ0v) is 24.9. The monoisotopic (exact) mass is 617 g/mol. The summed E-state index contributed by atoms with van der Waals surface area (Å²) in [7, 11) is 0. The molecule has 230 valence electrons. The Bertz CT molecular complexity index is 1470. The summed E-state index contributed by atoms with van der Waals surface area (Å²) in [4.78, 5) is 46.0. The quantitative estimate of drug-likeness (QED) is 0.141. The average Bonchev–Trinajstić information content (AvgIpc) is 3.54. The van der Waals surface area contributed by atoms with Crippen LogP contribution in [0.5, 0.6) is 0 Å². The standard InChI is InChI=1S/C32H35N5O6S/c1-21(35-32(42)43-19-26-18-33-20-44-26)30(39)37-28(16-22-7-3-2-4-8-22)29(38)17-25(36-31(40)41)15-23-10-12-24(13-11-23)27-9-5-6-14-34-27/h2-14,18,20-21,25,28-29,36,38H,15-17,19H2,1H3,(H,35,42)(H,37,39)(H,40,41)/t21-,25-,28?,29?/m0/s1. The summed E-state index contributed by atoms with van der Waals surface area (Å²) in [6, 6.07) is 20.2. The fourth-order valence-corrected chi connectivity index (χ4v) is 5.15. The van der Waals surface area contributed by atoms with Gasteiger partial charge in [0.1, 0.15) is 12.6 Å². The molecule has 0 aliphatic carbocycles. The largest absolute Gasteiger partial charge is 0.465 e. The summed E-state index contributed by atoms with van der Waals surface area (Å²) in [6.07, 6.45) is 0.851. The van der Waals surface area contributed by atoms with Crippen LogP contribution >= 0.6 is 11.3 Å². The lowest BCUT2D eigenvalue weighted by Gasteiger charge is -2.29. The Kier molecular flexibility index (Phi) is 11.8. The third-order valence-electron chi connectivity index (χ3n) is 6.90. The molecule has 0 spiro atoms. The molecule has 12 heteroatoms. The topological polar surface area (TPSA) is 163 Å². The average molecular weight is 618 g/mol. The molecule has 0 radical (unpaired) electrons. The number of alkyl carbamates (subject to hydrolysis) is 1. The van der Waals surface area contributed by atoms with Crippen molar-refractivity contribution in [3.8, 4) is 11.3 Å². The van der Waals surface area contributed by atoms with Crippen LogP contribution in [0.15, 0.2) is 90.7 Å². The maximum absolute atomic E-state index is 13.1. The Morgan fingerprint density at radius 2 is 1.64 bits per heavy atom. The Hall–Kier alpha value is -4.81. The number of carbonyl (C=O) groups is 3. The van der Waals surface area contributed by atoms with Gasteiger partial charge in [0.15, 0.2) is 0 Å². The number of aromatic nitrogens is 2. The zero-order chi connectivity index (χ0) is 31.3. The van der Waals surface area contributed by atoms with Crippen molar-refractivity contribution >= 4 is 29.4 Å². The Morgan fingerprint density at radius 1 is 0.909 bits per heavy atom. The predicted octanol–water partition coefficient (Wildman–Crippen LogP) is 4.18. The number of nitrogens with one attached hydrogen (secondary N) is 3. The molecule has 2 unspecified atom stereocenters. The Labute approximate surface area is 259 Å². The normalized spacial score (nSPS) is 13.6. The van der Waals surface area contributed by atoms with Gasteiger partial charge < -0.3 is 30.9 Å². The zero-order valence-electron chi connectivity index (χ0n) is 24.1. The highest BCUT2D eigenvalue weighted by molar-refractivity contribution is 7.09. The molecule has 0 bridgehead atoms. The number of carboxylic acid groups (broad SMARTS) is 1. The number of aliphatic hydroxyl groups excluding tert-OH is 1. The predicted molar refractivity (Wildman–Crippen MR) is 166 cm³/mol. The second-order valence-electron chi connectivity index (χ2n) is 10.3. The molecule has 4 atom stereocenters. The highest BCUT2D eigenvalue weighted by Crippen LogP contribution is 2.19. The van der Waals surface area contributed by atoms with Gasteiger partial charge in [0.2, 0.25) is 5.91 Å². The van der Waals surface area contributed by atoms with Crippen molar-refractivity contribution in [3.63, 3.8) is 0 Å². The number of nitrogens with zero attached hydrogens (tertiary/aromatic N) is 2. The SMILES string of the molecule is C[C@H](NC(=O)OCc1cncs1)C(=O)NC(Cc1ccccc1)C(O)C[C@H](Cc1ccc(-c2ccccn2)cc1)NC(=O)O. The third-order valence-corrected chi connectivity index (χ3v) is 7.65. The lowest BCUT2D eigenvalue weighted by atomic mass is 9.93. The van der Waals surface area contributed by atoms with Crippen molar-refractivity contribution in [1.29, 1.82) is 0 Å². The number of aliphatic hydroxyl groups is 1. The highest BCUT2D eigenvalue weighted by Gasteiger charge is 2.28. The number of amides is 3. The number of carbonyl (C=O) groups excluding carboxylic acids is 2. The van der Waals surface area contributed by atoms with Crippen molar-refractivity contribution in [3.05, 3.63) is 107 Å². The van der Waals surface area contributed by atoms with Gasteiger partial charge >= 0.3 is 12.2 Å². The summed E-state index contributed by atoms with van der Waals surface area (Å²) < 4.78 is 5.16. The third kappa shape index (κ3) is 10.2. The molecule has 2 aromatic carbocycles. The molecule has 11 nitrogen and oxygen atoms in total. The number of hydrogen-bond donors (Lipinski definition) is 5. The summed E-state index contributed by atoms with van der Waals surface area (Å²) >= 11 is 1.34. The number of pyridine rings is 1. The van der Waals surface area contributed by atoms with Crippen LogP contribution in [-0.2, 0) is 29.0 Å². The molecule has 3 amide bonds. The number of thiazole rings is 1. The molecular weight excluding hydrogens is 582 g/mol. The number of rotatable bonds is 14. The minimum absolute atomic E-state index is 0.0318. The van der Waals surface area contributed by atoms with E-state index in [1.54, 1.807) is 17.9 Å². The van der Waals surface area contributed by atoms with E-state index in [0.717, 1.165) is 27.3 Å². The van der Waals surface area contributed by atoms with E-state index >= 15 is 0 Å². The molecule has 0 fully saturated rings. The fraction of sp³-hybridized carbons (Fsp3) is 0.281. The molecular formula is C32H35N5O6S. The van der Waals surface area contributed by atoms with E-state index in [1.165, 1.54) is 18.3 Å². The van der Waals surface area contributed by atoms with Crippen LogP contribution in [0.4, 0.5) is 9.59 Å². The maximum atomic E-state index is 13.1. The van der Waals surface area contributed by atoms with Gasteiger partial charge in [0.05, 0.1) is 28.2 Å². The van der Waals surface area contributed by atoms with Gasteiger partial charge in [-0.25, -0.2) is 9.59 Å². The van der Waals surface area contributed by atoms with Crippen molar-refractivity contribution < 1.29 is 29.3 Å². The van der Waals surface area contributed by atoms with Gasteiger partial charge in [-0.2, -0.15) is 0 Å². The van der Waals surface area contributed by atoms with Gasteiger partial charge in [0.25, 0.3) is 0 Å². The van der Waals surface area contributed by atoms with E-state index in [4.69, 9.17) is 4.74 Å². The molecule has 0 saturated carbocycles. The van der Waals surface area contributed by atoms with Crippen LogP contribution in [0.3, 0.4) is 0 Å². The smallest absolute Gasteiger partial charge is 0.408 e. The van der Waals surface area contributed by atoms with Gasteiger partial charge in [-0.3, -0.25) is 14.8 Å². The first-order chi connectivity index (χ1) is 21.3. The minimum atomic E-state index is -1.22. The van der Waals surface area contributed by atoms with Gasteiger partial charge in [-0.05, 0) is 49.4 Å². The molecule has 0 saturated heterocycles. The van der Waals surface area contributed by atoms with Gasteiger partial charge in [-0.1, -0.05) is 60.7 Å². The van der Waals surface area contributed by atoms with E-state index < -0.39 is 42.3 Å². The minimum Gasteiger partial charge on any atom is -0.465 e. The van der Waals surface area contributed by atoms with Crippen LogP contribution in [0.1, 0.15) is 29.3 Å². The van der Waals surface area contributed by atoms with Crippen LogP contribution < -0.4 is 16.0 Å². The molecule has 2 heterocycles. The molecule has 4 rings (SSSR count). The lowest BCUT2D eigenvalue weighted by molar-refractivity contribution is -0.124. The Morgan fingerprint density at radius 3 is 2.30 bits per heavy atom. The molecule has 44 heavy (non-hydrogen) atoms. The second-order valence-corrected chi connectivity index (χ2v) is 11.3. The van der Waals surface area contributed by atoms with Gasteiger partial charge in [-0.15, -0.1) is 11.3 Å². The first kappa shape index (κ1) is 32.1. The van der Waals surface area contributed by atoms with E-state index in [0.29, 0.717) is 6.42 Å². The van der Waals surface area contributed by atoms with Crippen molar-refractivity contribution in [2.75, 3.05) is 0 Å². The summed E-state index contributed by atoms with van der Waals surface area (Å²) in [5, 5.41) is 28.7. The number of hydrogen-bond acceptors (Lipinski definition) is 8. The second kappa shape index (κ2) is 16.1. The molecule has 4 aromatic rings. The van der Waals surface area contributed by atoms with E-state index in [9.17, 15) is 24.6 Å². The molecule has 0 aliphatic heterocycles. The molecule has 0 aliphatic rings. The lowest BCUT2D eigenvalue weighted by Crippen LogP contribution is -2.53.